The molecule has 1 aromatic rings. The van der Waals surface area contributed by atoms with Crippen molar-refractivity contribution >= 4 is 19.7 Å². The van der Waals surface area contributed by atoms with Crippen molar-refractivity contribution in [1.82, 2.24) is 5.32 Å². The first kappa shape index (κ1) is 16.5. The molecule has 7 heteroatoms. The minimum Gasteiger partial charge on any atom is -0.311 e. The second-order valence-corrected chi connectivity index (χ2v) is 10.2. The van der Waals surface area contributed by atoms with Gasteiger partial charge in [0.25, 0.3) is 0 Å². The molecular weight excluding hydrogens is 310 g/mol. The molecule has 1 heterocycles. The maximum absolute atomic E-state index is 12.7. The van der Waals surface area contributed by atoms with Crippen LogP contribution in [0, 0.1) is 5.92 Å². The smallest absolute Gasteiger partial charge is 0.183 e. The van der Waals surface area contributed by atoms with Gasteiger partial charge in [0, 0.05) is 6.04 Å². The fourth-order valence-electron chi connectivity index (χ4n) is 2.48. The average molecular weight is 331 g/mol. The van der Waals surface area contributed by atoms with Gasteiger partial charge in [0.15, 0.2) is 19.7 Å². The molecule has 0 aromatic heterocycles. The van der Waals surface area contributed by atoms with E-state index in [1.54, 1.807) is 18.2 Å². The highest BCUT2D eigenvalue weighted by molar-refractivity contribution is 7.96. The first-order valence-corrected chi connectivity index (χ1v) is 10.3. The van der Waals surface area contributed by atoms with Gasteiger partial charge in [-0.05, 0) is 24.6 Å². The molecule has 2 unspecified atom stereocenters. The highest BCUT2D eigenvalue weighted by Gasteiger charge is 2.45. The third kappa shape index (κ3) is 3.84. The first-order chi connectivity index (χ1) is 9.72. The number of hydrogen-bond donors (Lipinski definition) is 1. The average Bonchev–Trinajstić information content (AvgIpc) is 2.73. The van der Waals surface area contributed by atoms with Crippen LogP contribution in [0.3, 0.4) is 0 Å². The Hall–Kier alpha value is -0.920. The Morgan fingerprint density at radius 1 is 1.19 bits per heavy atom. The summed E-state index contributed by atoms with van der Waals surface area (Å²) in [6, 6.07) is 7.51. The van der Waals surface area contributed by atoms with E-state index in [1.807, 2.05) is 13.8 Å². The predicted molar refractivity (Wildman–Crippen MR) is 82.7 cm³/mol. The van der Waals surface area contributed by atoms with Gasteiger partial charge in [-0.25, -0.2) is 16.8 Å². The molecule has 0 aliphatic carbocycles. The van der Waals surface area contributed by atoms with Crippen molar-refractivity contribution in [2.45, 2.75) is 30.0 Å². The number of rotatable bonds is 5. The zero-order valence-electron chi connectivity index (χ0n) is 12.2. The van der Waals surface area contributed by atoms with Gasteiger partial charge in [-0.3, -0.25) is 0 Å². The Morgan fingerprint density at radius 3 is 2.38 bits per heavy atom. The molecule has 118 valence electrons. The van der Waals surface area contributed by atoms with E-state index in [0.29, 0.717) is 12.5 Å². The quantitative estimate of drug-likeness (QED) is 0.866. The maximum Gasteiger partial charge on any atom is 0.183 e. The van der Waals surface area contributed by atoms with E-state index < -0.39 is 31.0 Å². The second kappa shape index (κ2) is 6.06. The van der Waals surface area contributed by atoms with Crippen LogP contribution in [0.15, 0.2) is 35.2 Å². The fraction of sp³-hybridized carbons (Fsp3) is 0.571. The molecule has 0 spiro atoms. The number of hydrogen-bond acceptors (Lipinski definition) is 5. The molecule has 21 heavy (non-hydrogen) atoms. The van der Waals surface area contributed by atoms with E-state index in [-0.39, 0.29) is 16.4 Å². The number of benzene rings is 1. The summed E-state index contributed by atoms with van der Waals surface area (Å²) in [5.74, 6) is -0.0930. The van der Waals surface area contributed by atoms with Crippen molar-refractivity contribution in [2.24, 2.45) is 5.92 Å². The van der Waals surface area contributed by atoms with Crippen LogP contribution in [0.5, 0.6) is 0 Å². The molecule has 0 bridgehead atoms. The van der Waals surface area contributed by atoms with Gasteiger partial charge in [-0.15, -0.1) is 0 Å². The molecule has 0 saturated carbocycles. The third-order valence-electron chi connectivity index (χ3n) is 3.56. The molecule has 1 fully saturated rings. The summed E-state index contributed by atoms with van der Waals surface area (Å²) in [5.41, 5.74) is 0. The third-order valence-corrected chi connectivity index (χ3v) is 7.73. The van der Waals surface area contributed by atoms with Crippen molar-refractivity contribution in [3.8, 4) is 0 Å². The van der Waals surface area contributed by atoms with Gasteiger partial charge in [0.05, 0.1) is 21.7 Å². The normalized spacial score (nSPS) is 25.3. The standard InChI is InChI=1S/C14H21NO4S2/c1-11(2)8-15-13-9-20(16,17)10-14(13)21(18,19)12-6-4-3-5-7-12/h3-7,11,13-15H,8-10H2,1-2H3. The summed E-state index contributed by atoms with van der Waals surface area (Å²) < 4.78 is 49.1. The summed E-state index contributed by atoms with van der Waals surface area (Å²) in [4.78, 5) is 0.184. The summed E-state index contributed by atoms with van der Waals surface area (Å²) >= 11 is 0. The van der Waals surface area contributed by atoms with E-state index in [0.717, 1.165) is 0 Å². The zero-order chi connectivity index (χ0) is 15.7. The molecule has 0 radical (unpaired) electrons. The van der Waals surface area contributed by atoms with Crippen LogP contribution in [-0.4, -0.2) is 46.2 Å². The molecule has 1 aromatic carbocycles. The maximum atomic E-state index is 12.7. The fourth-order valence-corrected chi connectivity index (χ4v) is 7.22. The van der Waals surface area contributed by atoms with Crippen LogP contribution in [0.4, 0.5) is 0 Å². The summed E-state index contributed by atoms with van der Waals surface area (Å²) in [7, 11) is -6.97. The van der Waals surface area contributed by atoms with Gasteiger partial charge >= 0.3 is 0 Å². The minimum atomic E-state index is -3.65. The van der Waals surface area contributed by atoms with E-state index >= 15 is 0 Å². The summed E-state index contributed by atoms with van der Waals surface area (Å²) in [6.45, 7) is 4.59. The Bertz CT molecular complexity index is 681. The van der Waals surface area contributed by atoms with Crippen molar-refractivity contribution in [1.29, 1.82) is 0 Å². The van der Waals surface area contributed by atoms with E-state index in [2.05, 4.69) is 5.32 Å². The molecule has 0 amide bonds. The van der Waals surface area contributed by atoms with Gasteiger partial charge < -0.3 is 5.32 Å². The summed E-state index contributed by atoms with van der Waals surface area (Å²) in [6.07, 6.45) is 0. The lowest BCUT2D eigenvalue weighted by atomic mass is 10.2. The molecule has 1 saturated heterocycles. The predicted octanol–water partition coefficient (Wildman–Crippen LogP) is 0.872. The Morgan fingerprint density at radius 2 is 1.81 bits per heavy atom. The largest absolute Gasteiger partial charge is 0.311 e. The van der Waals surface area contributed by atoms with Crippen LogP contribution in [0.1, 0.15) is 13.8 Å². The van der Waals surface area contributed by atoms with Gasteiger partial charge in [0.1, 0.15) is 0 Å². The van der Waals surface area contributed by atoms with Crippen molar-refractivity contribution in [3.63, 3.8) is 0 Å². The van der Waals surface area contributed by atoms with Crippen LogP contribution in [-0.2, 0) is 19.7 Å². The van der Waals surface area contributed by atoms with Crippen LogP contribution in [0.25, 0.3) is 0 Å². The number of nitrogens with one attached hydrogen (secondary N) is 1. The molecule has 5 nitrogen and oxygen atoms in total. The Kier molecular flexibility index (Phi) is 4.75. The number of sulfone groups is 2. The molecule has 1 aliphatic rings. The molecule has 1 N–H and O–H groups in total. The van der Waals surface area contributed by atoms with Crippen LogP contribution >= 0.6 is 0 Å². The van der Waals surface area contributed by atoms with E-state index in [4.69, 9.17) is 0 Å². The first-order valence-electron chi connectivity index (χ1n) is 6.95. The SMILES string of the molecule is CC(C)CNC1CS(=O)(=O)CC1S(=O)(=O)c1ccccc1. The minimum absolute atomic E-state index is 0.115. The lowest BCUT2D eigenvalue weighted by molar-refractivity contribution is 0.480. The van der Waals surface area contributed by atoms with Crippen LogP contribution in [0.2, 0.25) is 0 Å². The van der Waals surface area contributed by atoms with Crippen molar-refractivity contribution in [3.05, 3.63) is 30.3 Å². The topological polar surface area (TPSA) is 80.3 Å². The molecule has 2 rings (SSSR count). The molecular formula is C14H21NO4S2. The van der Waals surface area contributed by atoms with E-state index in [9.17, 15) is 16.8 Å². The van der Waals surface area contributed by atoms with Gasteiger partial charge in [-0.2, -0.15) is 0 Å². The van der Waals surface area contributed by atoms with E-state index in [1.165, 1.54) is 12.1 Å². The Labute approximate surface area is 126 Å². The van der Waals surface area contributed by atoms with Gasteiger partial charge in [-0.1, -0.05) is 32.0 Å². The second-order valence-electron chi connectivity index (χ2n) is 5.88. The highest BCUT2D eigenvalue weighted by atomic mass is 32.2. The highest BCUT2D eigenvalue weighted by Crippen LogP contribution is 2.25. The molecule has 2 atom stereocenters. The Balaban J connectivity index is 2.31. The monoisotopic (exact) mass is 331 g/mol. The zero-order valence-corrected chi connectivity index (χ0v) is 13.8. The summed E-state index contributed by atoms with van der Waals surface area (Å²) in [5, 5.41) is 2.19. The lowest BCUT2D eigenvalue weighted by Gasteiger charge is -2.21. The van der Waals surface area contributed by atoms with Crippen molar-refractivity contribution < 1.29 is 16.8 Å². The van der Waals surface area contributed by atoms with Crippen molar-refractivity contribution in [2.75, 3.05) is 18.1 Å². The molecule has 1 aliphatic heterocycles. The van der Waals surface area contributed by atoms with Gasteiger partial charge in [0.2, 0.25) is 0 Å². The van der Waals surface area contributed by atoms with Crippen LogP contribution < -0.4 is 5.32 Å². The lowest BCUT2D eigenvalue weighted by Crippen LogP contribution is -2.44.